The fourth-order valence-corrected chi connectivity index (χ4v) is 1.46. The van der Waals surface area contributed by atoms with Gasteiger partial charge in [0.05, 0.1) is 23.1 Å². The molecule has 2 aromatic heterocycles. The second kappa shape index (κ2) is 5.07. The third kappa shape index (κ3) is 3.12. The van der Waals surface area contributed by atoms with Crippen LogP contribution in [0.25, 0.3) is 0 Å². The van der Waals surface area contributed by atoms with Gasteiger partial charge >= 0.3 is 0 Å². The Labute approximate surface area is 108 Å². The van der Waals surface area contributed by atoms with Crippen molar-refractivity contribution < 1.29 is 4.74 Å². The van der Waals surface area contributed by atoms with Crippen LogP contribution in [-0.2, 0) is 0 Å². The molecule has 2 N–H and O–H groups in total. The number of aromatic nitrogens is 2. The number of hydrogen-bond acceptors (Lipinski definition) is 4. The molecule has 0 aliphatic heterocycles. The summed E-state index contributed by atoms with van der Waals surface area (Å²) in [5, 5.41) is 0.509. The minimum atomic E-state index is 0.251. The largest absolute Gasteiger partial charge is 0.454 e. The number of nitrogens with zero attached hydrogens (tertiary/aromatic N) is 2. The fourth-order valence-electron chi connectivity index (χ4n) is 1.17. The summed E-state index contributed by atoms with van der Waals surface area (Å²) in [5.41, 5.74) is 5.99. The molecule has 86 valence electrons. The van der Waals surface area contributed by atoms with Gasteiger partial charge in [-0.2, -0.15) is 0 Å². The van der Waals surface area contributed by atoms with Gasteiger partial charge in [-0.05, 0) is 12.1 Å². The van der Waals surface area contributed by atoms with E-state index in [1.54, 1.807) is 24.4 Å². The lowest BCUT2D eigenvalue weighted by Crippen LogP contribution is -2.10. The highest BCUT2D eigenvalue weighted by Crippen LogP contribution is 2.22. The third-order valence-corrected chi connectivity index (χ3v) is 2.32. The third-order valence-electron chi connectivity index (χ3n) is 1.90. The quantitative estimate of drug-likeness (QED) is 0.865. The minimum absolute atomic E-state index is 0.251. The van der Waals surface area contributed by atoms with Crippen molar-refractivity contribution in [1.82, 2.24) is 9.97 Å². The molecule has 0 aliphatic rings. The van der Waals surface area contributed by atoms with E-state index in [4.69, 9.17) is 34.3 Å². The lowest BCUT2D eigenvalue weighted by atomic mass is 10.3. The molecule has 0 bridgehead atoms. The van der Waals surface area contributed by atoms with E-state index >= 15 is 0 Å². The van der Waals surface area contributed by atoms with Crippen molar-refractivity contribution >= 4 is 28.8 Å². The van der Waals surface area contributed by atoms with E-state index in [1.165, 1.54) is 12.4 Å². The SMILES string of the molecule is NC(=S)c1ccc(Oc2cncc(Cl)c2)cn1. The molecule has 0 aromatic carbocycles. The number of ether oxygens (including phenoxy) is 1. The minimum Gasteiger partial charge on any atom is -0.454 e. The number of rotatable bonds is 3. The van der Waals surface area contributed by atoms with Gasteiger partial charge in [-0.25, -0.2) is 4.98 Å². The van der Waals surface area contributed by atoms with E-state index in [0.29, 0.717) is 22.2 Å². The first-order valence-electron chi connectivity index (χ1n) is 4.69. The lowest BCUT2D eigenvalue weighted by molar-refractivity contribution is 0.478. The Balaban J connectivity index is 2.16. The predicted molar refractivity (Wildman–Crippen MR) is 69.4 cm³/mol. The summed E-state index contributed by atoms with van der Waals surface area (Å²) in [6.45, 7) is 0. The molecule has 0 radical (unpaired) electrons. The zero-order chi connectivity index (χ0) is 12.3. The van der Waals surface area contributed by atoms with Crippen molar-refractivity contribution in [3.63, 3.8) is 0 Å². The summed E-state index contributed by atoms with van der Waals surface area (Å²) < 4.78 is 5.50. The van der Waals surface area contributed by atoms with Gasteiger partial charge < -0.3 is 10.5 Å². The molecule has 0 fully saturated rings. The van der Waals surface area contributed by atoms with Crippen molar-refractivity contribution in [3.05, 3.63) is 47.5 Å². The first-order valence-corrected chi connectivity index (χ1v) is 5.48. The van der Waals surface area contributed by atoms with E-state index in [0.717, 1.165) is 0 Å². The van der Waals surface area contributed by atoms with E-state index < -0.39 is 0 Å². The van der Waals surface area contributed by atoms with E-state index in [9.17, 15) is 0 Å². The van der Waals surface area contributed by atoms with Crippen LogP contribution < -0.4 is 10.5 Å². The first kappa shape index (κ1) is 11.8. The van der Waals surface area contributed by atoms with Gasteiger partial charge in [-0.3, -0.25) is 4.98 Å². The fraction of sp³-hybridized carbons (Fsp3) is 0. The standard InChI is InChI=1S/C11H8ClN3OS/c12-7-3-9(5-14-4-7)16-8-1-2-10(11(13)17)15-6-8/h1-6H,(H2,13,17). The zero-order valence-corrected chi connectivity index (χ0v) is 10.2. The smallest absolute Gasteiger partial charge is 0.147 e. The second-order valence-electron chi connectivity index (χ2n) is 3.18. The summed E-state index contributed by atoms with van der Waals surface area (Å²) in [7, 11) is 0. The molecule has 2 aromatic rings. The van der Waals surface area contributed by atoms with Crippen LogP contribution in [0.1, 0.15) is 5.69 Å². The van der Waals surface area contributed by atoms with Gasteiger partial charge in [0, 0.05) is 12.3 Å². The van der Waals surface area contributed by atoms with E-state index in [1.807, 2.05) is 0 Å². The van der Waals surface area contributed by atoms with Crippen molar-refractivity contribution in [3.8, 4) is 11.5 Å². The highest BCUT2D eigenvalue weighted by atomic mass is 35.5. The molecule has 0 aliphatic carbocycles. The normalized spacial score (nSPS) is 9.94. The molecule has 0 saturated carbocycles. The average molecular weight is 266 g/mol. The zero-order valence-electron chi connectivity index (χ0n) is 8.63. The molecule has 0 unspecified atom stereocenters. The molecule has 0 amide bonds. The first-order chi connectivity index (χ1) is 8.15. The lowest BCUT2D eigenvalue weighted by Gasteiger charge is -2.05. The Morgan fingerprint density at radius 2 is 2.06 bits per heavy atom. The predicted octanol–water partition coefficient (Wildman–Crippen LogP) is 2.56. The summed E-state index contributed by atoms with van der Waals surface area (Å²) in [4.78, 5) is 8.21. The summed E-state index contributed by atoms with van der Waals surface area (Å²) in [5.74, 6) is 1.11. The van der Waals surface area contributed by atoms with Crippen molar-refractivity contribution in [1.29, 1.82) is 0 Å². The van der Waals surface area contributed by atoms with Crippen LogP contribution in [0.2, 0.25) is 5.02 Å². The molecule has 2 rings (SSSR count). The van der Waals surface area contributed by atoms with Gasteiger partial charge in [-0.1, -0.05) is 23.8 Å². The van der Waals surface area contributed by atoms with Crippen LogP contribution in [0.15, 0.2) is 36.8 Å². The van der Waals surface area contributed by atoms with E-state index in [2.05, 4.69) is 9.97 Å². The maximum Gasteiger partial charge on any atom is 0.147 e. The molecule has 0 saturated heterocycles. The summed E-state index contributed by atoms with van der Waals surface area (Å²) >= 11 is 10.6. The molecular weight excluding hydrogens is 258 g/mol. The highest BCUT2D eigenvalue weighted by Gasteiger charge is 2.01. The molecule has 0 atom stereocenters. The maximum absolute atomic E-state index is 5.79. The topological polar surface area (TPSA) is 61.0 Å². The van der Waals surface area contributed by atoms with Crippen LogP contribution in [-0.4, -0.2) is 15.0 Å². The van der Waals surface area contributed by atoms with Crippen molar-refractivity contribution in [2.45, 2.75) is 0 Å². The number of hydrogen-bond donors (Lipinski definition) is 1. The monoisotopic (exact) mass is 265 g/mol. The molecule has 2 heterocycles. The number of thiocarbonyl (C=S) groups is 1. The Morgan fingerprint density at radius 3 is 2.65 bits per heavy atom. The Morgan fingerprint density at radius 1 is 1.24 bits per heavy atom. The van der Waals surface area contributed by atoms with Gasteiger partial charge in [0.1, 0.15) is 16.5 Å². The van der Waals surface area contributed by atoms with Crippen molar-refractivity contribution in [2.24, 2.45) is 5.73 Å². The molecule has 4 nitrogen and oxygen atoms in total. The van der Waals surface area contributed by atoms with Crippen LogP contribution in [0.3, 0.4) is 0 Å². The molecule has 6 heteroatoms. The van der Waals surface area contributed by atoms with Crippen molar-refractivity contribution in [2.75, 3.05) is 0 Å². The second-order valence-corrected chi connectivity index (χ2v) is 4.06. The Kier molecular flexibility index (Phi) is 3.51. The number of nitrogens with two attached hydrogens (primary N) is 1. The molecule has 0 spiro atoms. The van der Waals surface area contributed by atoms with Crippen LogP contribution in [0.4, 0.5) is 0 Å². The Hall–Kier alpha value is -1.72. The van der Waals surface area contributed by atoms with Crippen LogP contribution >= 0.6 is 23.8 Å². The maximum atomic E-state index is 5.79. The summed E-state index contributed by atoms with van der Waals surface area (Å²) in [6.07, 6.45) is 4.63. The van der Waals surface area contributed by atoms with Crippen LogP contribution in [0.5, 0.6) is 11.5 Å². The van der Waals surface area contributed by atoms with Gasteiger partial charge in [0.25, 0.3) is 0 Å². The van der Waals surface area contributed by atoms with Crippen LogP contribution in [0, 0.1) is 0 Å². The van der Waals surface area contributed by atoms with Gasteiger partial charge in [-0.15, -0.1) is 0 Å². The number of halogens is 1. The number of pyridine rings is 2. The Bertz CT molecular complexity index is 545. The average Bonchev–Trinajstić information content (AvgIpc) is 2.29. The molecular formula is C11H8ClN3OS. The highest BCUT2D eigenvalue weighted by molar-refractivity contribution is 7.80. The van der Waals surface area contributed by atoms with E-state index in [-0.39, 0.29) is 4.99 Å². The van der Waals surface area contributed by atoms with Gasteiger partial charge in [0.15, 0.2) is 0 Å². The van der Waals surface area contributed by atoms with Gasteiger partial charge in [0.2, 0.25) is 0 Å². The molecule has 17 heavy (non-hydrogen) atoms. The summed E-state index contributed by atoms with van der Waals surface area (Å²) in [6, 6.07) is 5.08.